The second kappa shape index (κ2) is 5.37. The molecule has 50 valence electrons. The minimum atomic E-state index is 0.688. The van der Waals surface area contributed by atoms with Crippen molar-refractivity contribution < 1.29 is 0 Å². The van der Waals surface area contributed by atoms with Crippen molar-refractivity contribution in [1.82, 2.24) is 0 Å². The van der Waals surface area contributed by atoms with Gasteiger partial charge in [0.25, 0.3) is 0 Å². The molecule has 0 saturated heterocycles. The first-order chi connectivity index (χ1) is 4.27. The summed E-state index contributed by atoms with van der Waals surface area (Å²) in [5.74, 6) is 0. The van der Waals surface area contributed by atoms with Gasteiger partial charge in [-0.2, -0.15) is 5.26 Å². The summed E-state index contributed by atoms with van der Waals surface area (Å²) in [6.07, 6.45) is 3.89. The van der Waals surface area contributed by atoms with Crippen molar-refractivity contribution in [2.24, 2.45) is 0 Å². The van der Waals surface area contributed by atoms with Crippen LogP contribution >= 0.6 is 0 Å². The summed E-state index contributed by atoms with van der Waals surface area (Å²) in [5.41, 5.74) is 1.22. The summed E-state index contributed by atoms with van der Waals surface area (Å²) in [7, 11) is 0. The fourth-order valence-electron chi connectivity index (χ4n) is 0.631. The van der Waals surface area contributed by atoms with Gasteiger partial charge in [-0.3, -0.25) is 0 Å². The molecular formula is C8H13N. The zero-order valence-electron chi connectivity index (χ0n) is 5.98. The molecule has 0 atom stereocenters. The maximum Gasteiger partial charge on any atom is 0.0621 e. The van der Waals surface area contributed by atoms with Gasteiger partial charge in [-0.25, -0.2) is 0 Å². The monoisotopic (exact) mass is 123 g/mol. The predicted molar refractivity (Wildman–Crippen MR) is 38.9 cm³/mol. The summed E-state index contributed by atoms with van der Waals surface area (Å²) < 4.78 is 0. The minimum Gasteiger partial charge on any atom is -0.198 e. The number of unbranched alkanes of at least 4 members (excludes halogenated alkanes) is 2. The van der Waals surface area contributed by atoms with Crippen LogP contribution in [0.1, 0.15) is 32.6 Å². The van der Waals surface area contributed by atoms with Crippen molar-refractivity contribution in [3.05, 3.63) is 12.2 Å². The molecule has 9 heavy (non-hydrogen) atoms. The van der Waals surface area contributed by atoms with Crippen molar-refractivity contribution in [3.63, 3.8) is 0 Å². The molecule has 0 radical (unpaired) electrons. The third-order valence-corrected chi connectivity index (χ3v) is 1.14. The number of allylic oxidation sites excluding steroid dienone is 1. The highest BCUT2D eigenvalue weighted by Gasteiger charge is 1.86. The quantitative estimate of drug-likeness (QED) is 0.416. The molecule has 0 aliphatic rings. The van der Waals surface area contributed by atoms with E-state index in [1.54, 1.807) is 0 Å². The zero-order valence-corrected chi connectivity index (χ0v) is 5.98. The second-order valence-electron chi connectivity index (χ2n) is 2.32. The lowest BCUT2D eigenvalue weighted by atomic mass is 10.1. The van der Waals surface area contributed by atoms with Crippen molar-refractivity contribution in [1.29, 1.82) is 5.26 Å². The third kappa shape index (κ3) is 7.23. The normalized spacial score (nSPS) is 8.44. The highest BCUT2D eigenvalue weighted by Crippen LogP contribution is 2.04. The van der Waals surface area contributed by atoms with Crippen LogP contribution in [0.4, 0.5) is 0 Å². The van der Waals surface area contributed by atoms with Crippen molar-refractivity contribution >= 4 is 0 Å². The number of rotatable bonds is 4. The number of nitriles is 1. The Hall–Kier alpha value is -0.770. The molecule has 0 saturated carbocycles. The first kappa shape index (κ1) is 8.23. The van der Waals surface area contributed by atoms with E-state index in [0.29, 0.717) is 6.42 Å². The Kier molecular flexibility index (Phi) is 4.91. The van der Waals surface area contributed by atoms with E-state index in [9.17, 15) is 0 Å². The number of hydrogen-bond donors (Lipinski definition) is 0. The third-order valence-electron chi connectivity index (χ3n) is 1.14. The van der Waals surface area contributed by atoms with Crippen LogP contribution in [0.25, 0.3) is 0 Å². The van der Waals surface area contributed by atoms with E-state index < -0.39 is 0 Å². The summed E-state index contributed by atoms with van der Waals surface area (Å²) in [4.78, 5) is 0. The van der Waals surface area contributed by atoms with E-state index in [-0.39, 0.29) is 0 Å². The molecule has 0 amide bonds. The van der Waals surface area contributed by atoms with Gasteiger partial charge in [0.15, 0.2) is 0 Å². The lowest BCUT2D eigenvalue weighted by Gasteiger charge is -1.93. The molecule has 1 heteroatoms. The summed E-state index contributed by atoms with van der Waals surface area (Å²) >= 11 is 0. The second-order valence-corrected chi connectivity index (χ2v) is 2.32. The Morgan fingerprint density at radius 3 is 2.67 bits per heavy atom. The van der Waals surface area contributed by atoms with Crippen LogP contribution in [-0.2, 0) is 0 Å². The Labute approximate surface area is 57.0 Å². The van der Waals surface area contributed by atoms with Gasteiger partial charge in [0, 0.05) is 6.42 Å². The van der Waals surface area contributed by atoms with Crippen LogP contribution in [0.2, 0.25) is 0 Å². The molecule has 0 N–H and O–H groups in total. The van der Waals surface area contributed by atoms with Gasteiger partial charge in [0.2, 0.25) is 0 Å². The molecule has 0 spiro atoms. The minimum absolute atomic E-state index is 0.688. The molecule has 0 bridgehead atoms. The van der Waals surface area contributed by atoms with Gasteiger partial charge >= 0.3 is 0 Å². The van der Waals surface area contributed by atoms with Gasteiger partial charge in [-0.15, -0.1) is 6.58 Å². The number of hydrogen-bond acceptors (Lipinski definition) is 1. The molecule has 0 aromatic heterocycles. The van der Waals surface area contributed by atoms with Gasteiger partial charge in [-0.05, 0) is 26.2 Å². The smallest absolute Gasteiger partial charge is 0.0621 e. The molecular weight excluding hydrogens is 110 g/mol. The Balaban J connectivity index is 2.94. The van der Waals surface area contributed by atoms with Crippen LogP contribution in [0.3, 0.4) is 0 Å². The van der Waals surface area contributed by atoms with E-state index in [4.69, 9.17) is 5.26 Å². The van der Waals surface area contributed by atoms with Crippen LogP contribution in [0.15, 0.2) is 12.2 Å². The van der Waals surface area contributed by atoms with E-state index in [0.717, 1.165) is 19.3 Å². The highest BCUT2D eigenvalue weighted by molar-refractivity contribution is 4.87. The maximum atomic E-state index is 8.16. The van der Waals surface area contributed by atoms with Crippen molar-refractivity contribution in [2.75, 3.05) is 0 Å². The first-order valence-electron chi connectivity index (χ1n) is 3.28. The molecule has 0 heterocycles. The van der Waals surface area contributed by atoms with Gasteiger partial charge < -0.3 is 0 Å². The average molecular weight is 123 g/mol. The molecule has 0 aliphatic heterocycles. The van der Waals surface area contributed by atoms with E-state index >= 15 is 0 Å². The zero-order chi connectivity index (χ0) is 7.11. The standard InChI is InChI=1S/C8H13N/c1-8(2)6-4-3-5-7-9/h1,3-6H2,2H3. The van der Waals surface area contributed by atoms with Crippen molar-refractivity contribution in [3.8, 4) is 6.07 Å². The van der Waals surface area contributed by atoms with Crippen molar-refractivity contribution in [2.45, 2.75) is 32.6 Å². The van der Waals surface area contributed by atoms with Gasteiger partial charge in [0.05, 0.1) is 6.07 Å². The fraction of sp³-hybridized carbons (Fsp3) is 0.625. The van der Waals surface area contributed by atoms with Crippen LogP contribution in [-0.4, -0.2) is 0 Å². The molecule has 0 aromatic rings. The van der Waals surface area contributed by atoms with Crippen LogP contribution < -0.4 is 0 Å². The fourth-order valence-corrected chi connectivity index (χ4v) is 0.631. The predicted octanol–water partition coefficient (Wildman–Crippen LogP) is 2.65. The SMILES string of the molecule is C=C(C)CCCCC#N. The molecule has 0 aliphatic carbocycles. The van der Waals surface area contributed by atoms with E-state index in [2.05, 4.69) is 12.6 Å². The van der Waals surface area contributed by atoms with Gasteiger partial charge in [-0.1, -0.05) is 5.57 Å². The van der Waals surface area contributed by atoms with Crippen LogP contribution in [0, 0.1) is 11.3 Å². The highest BCUT2D eigenvalue weighted by atomic mass is 14.2. The molecule has 1 nitrogen and oxygen atoms in total. The Morgan fingerprint density at radius 2 is 2.22 bits per heavy atom. The summed E-state index contributed by atoms with van der Waals surface area (Å²) in [6, 6.07) is 2.11. The number of nitrogens with zero attached hydrogens (tertiary/aromatic N) is 1. The van der Waals surface area contributed by atoms with Gasteiger partial charge in [0.1, 0.15) is 0 Å². The molecule has 0 aromatic carbocycles. The van der Waals surface area contributed by atoms with E-state index in [1.807, 2.05) is 6.92 Å². The van der Waals surface area contributed by atoms with E-state index in [1.165, 1.54) is 5.57 Å². The summed E-state index contributed by atoms with van der Waals surface area (Å²) in [5, 5.41) is 8.16. The topological polar surface area (TPSA) is 23.8 Å². The summed E-state index contributed by atoms with van der Waals surface area (Å²) in [6.45, 7) is 5.79. The molecule has 0 fully saturated rings. The largest absolute Gasteiger partial charge is 0.198 e. The Bertz CT molecular complexity index is 119. The molecule has 0 rings (SSSR count). The van der Waals surface area contributed by atoms with Crippen LogP contribution in [0.5, 0.6) is 0 Å². The maximum absolute atomic E-state index is 8.16. The Morgan fingerprint density at radius 1 is 1.56 bits per heavy atom. The first-order valence-corrected chi connectivity index (χ1v) is 3.28. The molecule has 0 unspecified atom stereocenters. The lowest BCUT2D eigenvalue weighted by molar-refractivity contribution is 0.748. The average Bonchev–Trinajstić information content (AvgIpc) is 1.80. The lowest BCUT2D eigenvalue weighted by Crippen LogP contribution is -1.75.